The van der Waals surface area contributed by atoms with Crippen LogP contribution in [0.1, 0.15) is 41.4 Å². The first-order chi connectivity index (χ1) is 24.1. The molecule has 5 atom stereocenters. The van der Waals surface area contributed by atoms with E-state index in [9.17, 15) is 19.2 Å². The van der Waals surface area contributed by atoms with Crippen LogP contribution in [0, 0.1) is 0 Å². The molecule has 0 saturated carbocycles. The summed E-state index contributed by atoms with van der Waals surface area (Å²) in [7, 11) is -1.46. The molecular weight excluding hydrogens is 719 g/mol. The predicted molar refractivity (Wildman–Crippen MR) is 191 cm³/mol. The van der Waals surface area contributed by atoms with E-state index in [0.717, 1.165) is 11.4 Å². The Hall–Kier alpha value is -4.54. The van der Waals surface area contributed by atoms with Gasteiger partial charge in [0.15, 0.2) is 0 Å². The van der Waals surface area contributed by atoms with E-state index in [0.29, 0.717) is 11.1 Å². The van der Waals surface area contributed by atoms with Crippen LogP contribution in [-0.2, 0) is 23.7 Å². The van der Waals surface area contributed by atoms with Crippen molar-refractivity contribution in [2.24, 2.45) is 0 Å². The predicted octanol–water partition coefficient (Wildman–Crippen LogP) is 6.71. The van der Waals surface area contributed by atoms with Gasteiger partial charge in [-0.3, -0.25) is 0 Å². The monoisotopic (exact) mass is 760 g/mol. The van der Waals surface area contributed by atoms with Gasteiger partial charge in [-0.25, -0.2) is 0 Å². The third-order valence-corrected chi connectivity index (χ3v) is 12.8. The number of hydrogen-bond donors (Lipinski definition) is 0. The van der Waals surface area contributed by atoms with Crippen LogP contribution in [0.15, 0.2) is 121 Å². The molecule has 0 aromatic heterocycles. The van der Waals surface area contributed by atoms with Crippen LogP contribution < -0.4 is 0 Å². The molecular formula is C39H40O9SeSi. The number of hydrogen-bond acceptors (Lipinski definition) is 9. The van der Waals surface area contributed by atoms with Crippen molar-refractivity contribution in [1.82, 2.24) is 0 Å². The van der Waals surface area contributed by atoms with Crippen molar-refractivity contribution in [3.05, 3.63) is 144 Å². The Balaban J connectivity index is 1.54. The number of rotatable bonds is 13. The third-order valence-electron chi connectivity index (χ3n) is 7.87. The van der Waals surface area contributed by atoms with E-state index >= 15 is 0 Å². The van der Waals surface area contributed by atoms with Gasteiger partial charge in [0, 0.05) is 0 Å². The Bertz CT molecular complexity index is 1720. The zero-order valence-electron chi connectivity index (χ0n) is 28.1. The summed E-state index contributed by atoms with van der Waals surface area (Å²) in [5.74, 6) is -2.66. The quantitative estimate of drug-likeness (QED) is 0.0835. The average molecular weight is 760 g/mol. The summed E-state index contributed by atoms with van der Waals surface area (Å²) in [6, 6.07) is 34.7. The summed E-state index contributed by atoms with van der Waals surface area (Å²) >= 11 is -0.282. The molecule has 0 bridgehead atoms. The van der Waals surface area contributed by atoms with Crippen molar-refractivity contribution in [3.8, 4) is 0 Å². The van der Waals surface area contributed by atoms with Crippen molar-refractivity contribution in [1.29, 1.82) is 0 Å². The molecule has 0 aliphatic carbocycles. The topological polar surface area (TPSA) is 114 Å². The van der Waals surface area contributed by atoms with E-state index in [-0.39, 0.29) is 32.7 Å². The van der Waals surface area contributed by atoms with E-state index in [1.165, 1.54) is 0 Å². The second-order valence-corrected chi connectivity index (χ2v) is 21.0. The third kappa shape index (κ3) is 10.2. The zero-order chi connectivity index (χ0) is 35.5. The standard InChI is InChI=1S/C39H40O9SeSi/c1-50(2,3)25-24-49-39-34(48-38(43)30-22-14-7-15-23-30)33(47-37(42)29-20-12-6-13-21-29)32(46-36(41)28-18-10-5-11-19-28)31(45-39)26-44-35(40)27-16-8-4-9-17-27/h4-23,31-34,39H,24-26H2,1-3H3/t31-,32-,33+,34-,39+/m1/s1. The van der Waals surface area contributed by atoms with Crippen molar-refractivity contribution in [2.75, 3.05) is 6.61 Å². The molecule has 1 fully saturated rings. The van der Waals surface area contributed by atoms with Gasteiger partial charge in [-0.1, -0.05) is 0 Å². The number of ether oxygens (including phenoxy) is 5. The van der Waals surface area contributed by atoms with Gasteiger partial charge in [-0.05, 0) is 0 Å². The van der Waals surface area contributed by atoms with Gasteiger partial charge in [0.1, 0.15) is 0 Å². The number of esters is 4. The number of carbonyl (C=O) groups is 4. The second kappa shape index (κ2) is 17.4. The van der Waals surface area contributed by atoms with Crippen LogP contribution in [0.5, 0.6) is 0 Å². The first-order valence-corrected chi connectivity index (χ1v) is 22.3. The van der Waals surface area contributed by atoms with Crippen molar-refractivity contribution < 1.29 is 42.9 Å². The van der Waals surface area contributed by atoms with Gasteiger partial charge < -0.3 is 0 Å². The SMILES string of the molecule is C[Si](C)(C)CC[Se][C@@H]1O[C@H](COC(=O)c2ccccc2)[C@@H](OC(=O)c2ccccc2)[C@H](OC(=O)c2ccccc2)[C@H]1OC(=O)c1ccccc1. The molecule has 260 valence electrons. The first-order valence-electron chi connectivity index (χ1n) is 16.4. The van der Waals surface area contributed by atoms with Gasteiger partial charge >= 0.3 is 300 Å². The summed E-state index contributed by atoms with van der Waals surface area (Å²) in [6.07, 6.45) is -4.84. The molecule has 1 saturated heterocycles. The fourth-order valence-electron chi connectivity index (χ4n) is 5.14. The van der Waals surface area contributed by atoms with E-state index in [2.05, 4.69) is 19.6 Å². The molecule has 1 heterocycles. The van der Waals surface area contributed by atoms with Crippen LogP contribution in [0.2, 0.25) is 31.0 Å². The Kier molecular flexibility index (Phi) is 12.8. The summed E-state index contributed by atoms with van der Waals surface area (Å²) in [5.41, 5.74) is 1.14. The minimum atomic E-state index is -1.46. The molecule has 0 unspecified atom stereocenters. The molecule has 1 aliphatic rings. The maximum absolute atomic E-state index is 13.7. The first kappa shape index (κ1) is 36.7. The van der Waals surface area contributed by atoms with Crippen LogP contribution in [-0.4, -0.2) is 82.9 Å². The number of benzene rings is 4. The fraction of sp³-hybridized carbons (Fsp3) is 0.282. The summed E-state index contributed by atoms with van der Waals surface area (Å²) in [5, 5.41) is 0.0732. The molecule has 50 heavy (non-hydrogen) atoms. The van der Waals surface area contributed by atoms with Gasteiger partial charge in [-0.2, -0.15) is 0 Å². The molecule has 0 N–H and O–H groups in total. The Morgan fingerprint density at radius 2 is 0.940 bits per heavy atom. The summed E-state index contributed by atoms with van der Waals surface area (Å²) in [6.45, 7) is 6.49. The molecule has 5 rings (SSSR count). The summed E-state index contributed by atoms with van der Waals surface area (Å²) < 4.78 is 30.8. The normalized spacial score (nSPS) is 20.3. The number of carbonyl (C=O) groups excluding carboxylic acids is 4. The zero-order valence-corrected chi connectivity index (χ0v) is 30.9. The average Bonchev–Trinajstić information content (AvgIpc) is 3.13. The molecule has 0 amide bonds. The van der Waals surface area contributed by atoms with Gasteiger partial charge in [0.05, 0.1) is 0 Å². The molecule has 4 aromatic carbocycles. The van der Waals surface area contributed by atoms with Crippen LogP contribution >= 0.6 is 0 Å². The van der Waals surface area contributed by atoms with E-state index in [1.54, 1.807) is 121 Å². The Morgan fingerprint density at radius 3 is 1.36 bits per heavy atom. The van der Waals surface area contributed by atoms with E-state index in [4.69, 9.17) is 23.7 Å². The molecule has 1 aliphatic heterocycles. The van der Waals surface area contributed by atoms with E-state index in [1.807, 2.05) is 0 Å². The molecule has 4 aromatic rings. The van der Waals surface area contributed by atoms with Gasteiger partial charge in [-0.15, -0.1) is 0 Å². The van der Waals surface area contributed by atoms with Gasteiger partial charge in [0.25, 0.3) is 0 Å². The van der Waals surface area contributed by atoms with Crippen molar-refractivity contribution in [3.63, 3.8) is 0 Å². The maximum atomic E-state index is 13.7. The van der Waals surface area contributed by atoms with Crippen molar-refractivity contribution >= 4 is 46.9 Å². The fourth-order valence-corrected chi connectivity index (χ4v) is 12.3. The van der Waals surface area contributed by atoms with Crippen molar-refractivity contribution in [2.45, 2.75) is 60.4 Å². The van der Waals surface area contributed by atoms with Crippen LogP contribution in [0.4, 0.5) is 0 Å². The van der Waals surface area contributed by atoms with E-state index < -0.39 is 61.4 Å². The summed E-state index contributed by atoms with van der Waals surface area (Å²) in [4.78, 5) is 54.0. The molecule has 9 nitrogen and oxygen atoms in total. The van der Waals surface area contributed by atoms with Gasteiger partial charge in [0.2, 0.25) is 0 Å². The van der Waals surface area contributed by atoms with Crippen LogP contribution in [0.25, 0.3) is 0 Å². The van der Waals surface area contributed by atoms with Crippen LogP contribution in [0.3, 0.4) is 0 Å². The Labute approximate surface area is 299 Å². The minimum absolute atomic E-state index is 0.250. The Morgan fingerprint density at radius 1 is 0.560 bits per heavy atom. The molecule has 0 spiro atoms. The molecule has 11 heteroatoms. The molecule has 0 radical (unpaired) electrons. The second-order valence-electron chi connectivity index (χ2n) is 12.9.